The number of aliphatic imine (C=N–C) groups is 1. The van der Waals surface area contributed by atoms with Crippen LogP contribution >= 0.6 is 0 Å². The topological polar surface area (TPSA) is 117 Å². The van der Waals surface area contributed by atoms with Gasteiger partial charge < -0.3 is 14.2 Å². The summed E-state index contributed by atoms with van der Waals surface area (Å²) in [5.74, 6) is -1.14. The minimum atomic E-state index is -0.843. The second kappa shape index (κ2) is 11.8. The lowest BCUT2D eigenvalue weighted by atomic mass is 9.69. The van der Waals surface area contributed by atoms with Crippen molar-refractivity contribution >= 4 is 23.2 Å². The Hall–Kier alpha value is -4.01. The molecule has 9 nitrogen and oxygen atoms in total. The number of allylic oxidation sites excluding steroid dienone is 2. The first-order chi connectivity index (χ1) is 18.7. The van der Waals surface area contributed by atoms with Gasteiger partial charge in [-0.2, -0.15) is 0 Å². The van der Waals surface area contributed by atoms with Gasteiger partial charge in [0, 0.05) is 41.0 Å². The molecule has 39 heavy (non-hydrogen) atoms. The van der Waals surface area contributed by atoms with Crippen LogP contribution in [0.3, 0.4) is 0 Å². The molecule has 0 amide bonds. The summed E-state index contributed by atoms with van der Waals surface area (Å²) in [4.78, 5) is 43.3. The zero-order chi connectivity index (χ0) is 28.3. The van der Waals surface area contributed by atoms with E-state index in [2.05, 4.69) is 0 Å². The van der Waals surface area contributed by atoms with Gasteiger partial charge in [-0.05, 0) is 55.9 Å². The summed E-state index contributed by atoms with van der Waals surface area (Å²) in [6.07, 6.45) is 2.28. The highest BCUT2D eigenvalue weighted by Crippen LogP contribution is 2.48. The van der Waals surface area contributed by atoms with Crippen LogP contribution in [0.4, 0.5) is 5.69 Å². The third-order valence-electron chi connectivity index (χ3n) is 7.55. The summed E-state index contributed by atoms with van der Waals surface area (Å²) in [5.41, 5.74) is 3.48. The SMILES string of the molecule is CCCCOC(=O)C1C(C)=NC2=C(C(=O)CC(c3ccc(OC)c(OC)c3)C2)C1c1ccc(C)c([N+](=O)[O-])c1. The molecule has 206 valence electrons. The van der Waals surface area contributed by atoms with Crippen molar-refractivity contribution in [2.75, 3.05) is 20.8 Å². The van der Waals surface area contributed by atoms with Crippen molar-refractivity contribution < 1.29 is 28.7 Å². The molecule has 0 spiro atoms. The molecule has 3 unspecified atom stereocenters. The molecule has 0 radical (unpaired) electrons. The number of methoxy groups -OCH3 is 2. The number of hydrogen-bond acceptors (Lipinski definition) is 8. The Morgan fingerprint density at radius 3 is 2.44 bits per heavy atom. The molecule has 9 heteroatoms. The van der Waals surface area contributed by atoms with E-state index >= 15 is 0 Å². The number of nitrogens with zero attached hydrogens (tertiary/aromatic N) is 2. The average Bonchev–Trinajstić information content (AvgIpc) is 2.91. The number of ether oxygens (including phenoxy) is 3. The van der Waals surface area contributed by atoms with E-state index in [4.69, 9.17) is 19.2 Å². The molecule has 0 saturated heterocycles. The maximum atomic E-state index is 13.8. The number of carbonyl (C=O) groups is 2. The highest BCUT2D eigenvalue weighted by Gasteiger charge is 2.45. The molecule has 2 aromatic carbocycles. The van der Waals surface area contributed by atoms with Gasteiger partial charge in [-0.3, -0.25) is 24.7 Å². The lowest BCUT2D eigenvalue weighted by Gasteiger charge is -2.36. The van der Waals surface area contributed by atoms with E-state index in [1.54, 1.807) is 40.2 Å². The number of aryl methyl sites for hydroxylation is 1. The van der Waals surface area contributed by atoms with Gasteiger partial charge in [0.25, 0.3) is 5.69 Å². The summed E-state index contributed by atoms with van der Waals surface area (Å²) in [6, 6.07) is 10.5. The third-order valence-corrected chi connectivity index (χ3v) is 7.55. The molecular formula is C30H34N2O7. The average molecular weight is 535 g/mol. The van der Waals surface area contributed by atoms with E-state index in [1.165, 1.54) is 6.07 Å². The molecule has 1 aliphatic carbocycles. The number of Topliss-reactive ketones (excluding diaryl/α,β-unsaturated/α-hetero) is 1. The van der Waals surface area contributed by atoms with E-state index in [9.17, 15) is 19.7 Å². The molecule has 0 N–H and O–H groups in total. The van der Waals surface area contributed by atoms with Gasteiger partial charge in [-0.1, -0.05) is 31.5 Å². The Kier molecular flexibility index (Phi) is 8.47. The number of unbranched alkanes of at least 4 members (excludes halogenated alkanes) is 1. The van der Waals surface area contributed by atoms with Crippen LogP contribution in [-0.4, -0.2) is 43.2 Å². The van der Waals surface area contributed by atoms with E-state index in [-0.39, 0.29) is 30.4 Å². The Labute approximate surface area is 228 Å². The van der Waals surface area contributed by atoms with Crippen LogP contribution in [0.5, 0.6) is 11.5 Å². The highest BCUT2D eigenvalue weighted by molar-refractivity contribution is 6.09. The van der Waals surface area contributed by atoms with Gasteiger partial charge in [0.05, 0.1) is 25.7 Å². The van der Waals surface area contributed by atoms with E-state index < -0.39 is 22.7 Å². The fraction of sp³-hybridized carbons (Fsp3) is 0.433. The van der Waals surface area contributed by atoms with Crippen molar-refractivity contribution in [3.8, 4) is 11.5 Å². The summed E-state index contributed by atoms with van der Waals surface area (Å²) in [5, 5.41) is 11.7. The number of carbonyl (C=O) groups excluding carboxylic acids is 2. The number of rotatable bonds is 9. The van der Waals surface area contributed by atoms with Gasteiger partial charge in [0.1, 0.15) is 5.92 Å². The number of hydrogen-bond donors (Lipinski definition) is 0. The summed E-state index contributed by atoms with van der Waals surface area (Å²) in [7, 11) is 3.13. The zero-order valence-electron chi connectivity index (χ0n) is 23.0. The Balaban J connectivity index is 1.79. The minimum absolute atomic E-state index is 0.0561. The van der Waals surface area contributed by atoms with E-state index in [1.807, 2.05) is 25.1 Å². The molecule has 0 saturated carbocycles. The standard InChI is InChI=1S/C30H34N2O7/c1-6-7-12-39-30(34)27-18(3)31-22-13-21(19-10-11-25(37-4)26(16-19)38-5)15-24(33)29(22)28(27)20-9-8-17(2)23(14-20)32(35)36/h8-11,14,16,21,27-28H,6-7,12-13,15H2,1-5H3. The summed E-state index contributed by atoms with van der Waals surface area (Å²) >= 11 is 0. The van der Waals surface area contributed by atoms with E-state index in [0.717, 1.165) is 18.4 Å². The van der Waals surface area contributed by atoms with Crippen molar-refractivity contribution in [2.45, 2.75) is 58.3 Å². The van der Waals surface area contributed by atoms with Crippen LogP contribution in [0.2, 0.25) is 0 Å². The normalized spacial score (nSPS) is 20.7. The molecule has 0 aromatic heterocycles. The van der Waals surface area contributed by atoms with E-state index in [0.29, 0.717) is 46.0 Å². The zero-order valence-corrected chi connectivity index (χ0v) is 23.0. The number of nitro benzene ring substituents is 1. The van der Waals surface area contributed by atoms with Crippen LogP contribution in [0.25, 0.3) is 0 Å². The molecule has 0 bridgehead atoms. The summed E-state index contributed by atoms with van der Waals surface area (Å²) < 4.78 is 16.4. The molecule has 4 rings (SSSR count). The van der Waals surface area contributed by atoms with Crippen molar-refractivity contribution in [3.05, 3.63) is 74.5 Å². The molecule has 0 fully saturated rings. The minimum Gasteiger partial charge on any atom is -0.493 e. The van der Waals surface area contributed by atoms with Crippen LogP contribution in [0, 0.1) is 23.0 Å². The highest BCUT2D eigenvalue weighted by atomic mass is 16.6. The Bertz CT molecular complexity index is 1360. The van der Waals surface area contributed by atoms with Gasteiger partial charge in [0.15, 0.2) is 17.3 Å². The first kappa shape index (κ1) is 28.0. The van der Waals surface area contributed by atoms with Crippen LogP contribution in [0.15, 0.2) is 52.7 Å². The van der Waals surface area contributed by atoms with Gasteiger partial charge >= 0.3 is 5.97 Å². The Morgan fingerprint density at radius 2 is 1.77 bits per heavy atom. The predicted molar refractivity (Wildman–Crippen MR) is 147 cm³/mol. The maximum Gasteiger partial charge on any atom is 0.315 e. The summed E-state index contributed by atoms with van der Waals surface area (Å²) in [6.45, 7) is 5.69. The van der Waals surface area contributed by atoms with Crippen LogP contribution in [0.1, 0.15) is 68.1 Å². The first-order valence-electron chi connectivity index (χ1n) is 13.1. The second-order valence-corrected chi connectivity index (χ2v) is 10.0. The smallest absolute Gasteiger partial charge is 0.315 e. The number of benzene rings is 2. The van der Waals surface area contributed by atoms with Gasteiger partial charge in [0.2, 0.25) is 0 Å². The quantitative estimate of drug-likeness (QED) is 0.172. The lowest BCUT2D eigenvalue weighted by molar-refractivity contribution is -0.385. The maximum absolute atomic E-state index is 13.8. The molecule has 1 heterocycles. The van der Waals surface area contributed by atoms with Crippen molar-refractivity contribution in [1.29, 1.82) is 0 Å². The molecule has 1 aliphatic heterocycles. The first-order valence-corrected chi connectivity index (χ1v) is 13.1. The fourth-order valence-corrected chi connectivity index (χ4v) is 5.49. The van der Waals surface area contributed by atoms with Crippen LogP contribution < -0.4 is 9.47 Å². The number of esters is 1. The second-order valence-electron chi connectivity index (χ2n) is 10.0. The number of ketones is 1. The van der Waals surface area contributed by atoms with Crippen molar-refractivity contribution in [1.82, 2.24) is 0 Å². The molecule has 2 aliphatic rings. The predicted octanol–water partition coefficient (Wildman–Crippen LogP) is 5.84. The van der Waals surface area contributed by atoms with Gasteiger partial charge in [-0.25, -0.2) is 0 Å². The molecular weight excluding hydrogens is 500 g/mol. The lowest BCUT2D eigenvalue weighted by Crippen LogP contribution is -2.38. The molecule has 2 aromatic rings. The van der Waals surface area contributed by atoms with Gasteiger partial charge in [-0.15, -0.1) is 0 Å². The molecule has 3 atom stereocenters. The largest absolute Gasteiger partial charge is 0.493 e. The third kappa shape index (κ3) is 5.57. The fourth-order valence-electron chi connectivity index (χ4n) is 5.49. The monoisotopic (exact) mass is 534 g/mol. The van der Waals surface area contributed by atoms with Crippen LogP contribution in [-0.2, 0) is 14.3 Å². The number of nitro groups is 1. The van der Waals surface area contributed by atoms with Crippen molar-refractivity contribution in [2.24, 2.45) is 10.9 Å². The van der Waals surface area contributed by atoms with Crippen molar-refractivity contribution in [3.63, 3.8) is 0 Å². The Morgan fingerprint density at radius 1 is 1.05 bits per heavy atom.